The van der Waals surface area contributed by atoms with E-state index in [9.17, 15) is 0 Å². The second kappa shape index (κ2) is 4.80. The zero-order valence-electron chi connectivity index (χ0n) is 8.88. The van der Waals surface area contributed by atoms with E-state index in [2.05, 4.69) is 34.4 Å². The van der Waals surface area contributed by atoms with E-state index in [-0.39, 0.29) is 0 Å². The first-order chi connectivity index (χ1) is 6.08. The van der Waals surface area contributed by atoms with Gasteiger partial charge in [0, 0.05) is 0 Å². The molecule has 0 amide bonds. The summed E-state index contributed by atoms with van der Waals surface area (Å²) in [5, 5.41) is 1.45. The average Bonchev–Trinajstić information content (AvgIpc) is 2.04. The molecule has 0 aliphatic rings. The molecule has 13 heavy (non-hydrogen) atoms. The third-order valence-electron chi connectivity index (χ3n) is 2.09. The molecular formula is C11H19GeN. The molecule has 0 aliphatic heterocycles. The summed E-state index contributed by atoms with van der Waals surface area (Å²) in [6.07, 6.45) is 4.36. The van der Waals surface area contributed by atoms with Crippen LogP contribution in [0.3, 0.4) is 0 Å². The predicted octanol–water partition coefficient (Wildman–Crippen LogP) is 3.35. The van der Waals surface area contributed by atoms with Crippen molar-refractivity contribution in [3.8, 4) is 0 Å². The van der Waals surface area contributed by atoms with Crippen molar-refractivity contribution in [1.29, 1.82) is 0 Å². The molecule has 1 aromatic heterocycles. The Morgan fingerprint density at radius 2 is 2.00 bits per heavy atom. The number of pyridine rings is 1. The fourth-order valence-corrected chi connectivity index (χ4v) is 3.94. The SMILES string of the molecule is [CH3][Ge]([CH3])([CH3])[CH2]CCc1ccccn1. The van der Waals surface area contributed by atoms with Crippen LogP contribution in [-0.4, -0.2) is 18.3 Å². The van der Waals surface area contributed by atoms with Crippen LogP contribution in [-0.2, 0) is 6.42 Å². The Labute approximate surface area is 83.9 Å². The van der Waals surface area contributed by atoms with Gasteiger partial charge >= 0.3 is 83.7 Å². The monoisotopic (exact) mass is 239 g/mol. The molecule has 72 valence electrons. The molecule has 0 saturated carbocycles. The Morgan fingerprint density at radius 3 is 2.54 bits per heavy atom. The number of hydrogen-bond acceptors (Lipinski definition) is 1. The van der Waals surface area contributed by atoms with E-state index in [1.807, 2.05) is 12.3 Å². The van der Waals surface area contributed by atoms with Crippen molar-refractivity contribution in [3.63, 3.8) is 0 Å². The summed E-state index contributed by atoms with van der Waals surface area (Å²) in [5.41, 5.74) is 1.24. The van der Waals surface area contributed by atoms with Gasteiger partial charge in [0.1, 0.15) is 0 Å². The van der Waals surface area contributed by atoms with E-state index in [4.69, 9.17) is 0 Å². The van der Waals surface area contributed by atoms with Crippen molar-refractivity contribution in [1.82, 2.24) is 4.98 Å². The van der Waals surface area contributed by atoms with Crippen LogP contribution in [0.15, 0.2) is 24.4 Å². The van der Waals surface area contributed by atoms with Crippen LogP contribution in [0.4, 0.5) is 0 Å². The van der Waals surface area contributed by atoms with Crippen LogP contribution in [0.5, 0.6) is 0 Å². The van der Waals surface area contributed by atoms with Gasteiger partial charge in [0.15, 0.2) is 0 Å². The van der Waals surface area contributed by atoms with Gasteiger partial charge in [-0.15, -0.1) is 0 Å². The van der Waals surface area contributed by atoms with Gasteiger partial charge in [-0.25, -0.2) is 0 Å². The number of aromatic nitrogens is 1. The fraction of sp³-hybridized carbons (Fsp3) is 0.545. The molecule has 0 N–H and O–H groups in total. The molecular weight excluding hydrogens is 219 g/mol. The summed E-state index contributed by atoms with van der Waals surface area (Å²) in [6, 6.07) is 6.17. The standard InChI is InChI=1S/C11H19GeN/c1-12(2,3)9-6-8-11-7-4-5-10-13-11/h4-5,7,10H,6,8-9H2,1-3H3. The van der Waals surface area contributed by atoms with Crippen LogP contribution in [0, 0.1) is 0 Å². The zero-order valence-corrected chi connectivity index (χ0v) is 11.0. The Bertz CT molecular complexity index is 238. The molecule has 0 atom stereocenters. The first kappa shape index (κ1) is 10.8. The van der Waals surface area contributed by atoms with Gasteiger partial charge in [0.2, 0.25) is 0 Å². The summed E-state index contributed by atoms with van der Waals surface area (Å²) in [5.74, 6) is 7.41. The van der Waals surface area contributed by atoms with Gasteiger partial charge in [-0.3, -0.25) is 0 Å². The van der Waals surface area contributed by atoms with Crippen LogP contribution in [0.25, 0.3) is 0 Å². The molecule has 0 saturated heterocycles. The number of aryl methyl sites for hydroxylation is 1. The second-order valence-corrected chi connectivity index (χ2v) is 16.5. The van der Waals surface area contributed by atoms with Crippen LogP contribution >= 0.6 is 0 Å². The maximum absolute atomic E-state index is 4.32. The van der Waals surface area contributed by atoms with Crippen LogP contribution in [0.2, 0.25) is 22.5 Å². The van der Waals surface area contributed by atoms with Crippen LogP contribution < -0.4 is 0 Å². The molecule has 1 heterocycles. The van der Waals surface area contributed by atoms with Gasteiger partial charge in [0.25, 0.3) is 0 Å². The molecule has 0 bridgehead atoms. The van der Waals surface area contributed by atoms with Gasteiger partial charge in [-0.05, 0) is 0 Å². The van der Waals surface area contributed by atoms with Gasteiger partial charge in [0.05, 0.1) is 0 Å². The average molecular weight is 238 g/mol. The van der Waals surface area contributed by atoms with Crippen molar-refractivity contribution in [2.24, 2.45) is 0 Å². The molecule has 0 spiro atoms. The fourth-order valence-electron chi connectivity index (χ4n) is 1.35. The summed E-state index contributed by atoms with van der Waals surface area (Å²) in [4.78, 5) is 4.32. The summed E-state index contributed by atoms with van der Waals surface area (Å²) in [6.45, 7) is 0. The molecule has 0 fully saturated rings. The Hall–Kier alpha value is -0.307. The Kier molecular flexibility index (Phi) is 3.98. The van der Waals surface area contributed by atoms with E-state index in [0.29, 0.717) is 0 Å². The predicted molar refractivity (Wildman–Crippen MR) is 60.7 cm³/mol. The van der Waals surface area contributed by atoms with E-state index < -0.39 is 13.3 Å². The second-order valence-electron chi connectivity index (χ2n) is 4.74. The third kappa shape index (κ3) is 5.09. The molecule has 1 nitrogen and oxygen atoms in total. The van der Waals surface area contributed by atoms with Gasteiger partial charge in [-0.1, -0.05) is 0 Å². The Morgan fingerprint density at radius 1 is 1.23 bits per heavy atom. The van der Waals surface area contributed by atoms with Crippen molar-refractivity contribution in [2.45, 2.75) is 35.4 Å². The molecule has 0 unspecified atom stereocenters. The first-order valence-corrected chi connectivity index (χ1v) is 12.8. The van der Waals surface area contributed by atoms with E-state index >= 15 is 0 Å². The van der Waals surface area contributed by atoms with Crippen molar-refractivity contribution in [3.05, 3.63) is 30.1 Å². The number of rotatable bonds is 4. The minimum absolute atomic E-state index is 1.16. The summed E-state index contributed by atoms with van der Waals surface area (Å²) >= 11 is -1.29. The zero-order chi connectivity index (χ0) is 9.73. The normalized spacial score (nSPS) is 11.6. The summed E-state index contributed by atoms with van der Waals surface area (Å²) in [7, 11) is 0. The molecule has 0 radical (unpaired) electrons. The molecule has 0 aromatic carbocycles. The van der Waals surface area contributed by atoms with Crippen molar-refractivity contribution < 1.29 is 0 Å². The van der Waals surface area contributed by atoms with E-state index in [1.54, 1.807) is 0 Å². The number of hydrogen-bond donors (Lipinski definition) is 0. The first-order valence-electron chi connectivity index (χ1n) is 4.98. The topological polar surface area (TPSA) is 12.9 Å². The van der Waals surface area contributed by atoms with Crippen LogP contribution in [0.1, 0.15) is 12.1 Å². The number of nitrogens with zero attached hydrogens (tertiary/aromatic N) is 1. The molecule has 1 aromatic rings. The Balaban J connectivity index is 2.29. The third-order valence-corrected chi connectivity index (χ3v) is 5.97. The van der Waals surface area contributed by atoms with Crippen molar-refractivity contribution in [2.75, 3.05) is 0 Å². The van der Waals surface area contributed by atoms with E-state index in [1.165, 1.54) is 17.4 Å². The van der Waals surface area contributed by atoms with Crippen molar-refractivity contribution >= 4 is 13.3 Å². The minimum atomic E-state index is -1.29. The van der Waals surface area contributed by atoms with E-state index in [0.717, 1.165) is 6.42 Å². The van der Waals surface area contributed by atoms with Gasteiger partial charge in [-0.2, -0.15) is 0 Å². The molecule has 0 aliphatic carbocycles. The molecule has 1 rings (SSSR count). The quantitative estimate of drug-likeness (QED) is 0.732. The van der Waals surface area contributed by atoms with Gasteiger partial charge < -0.3 is 0 Å². The maximum atomic E-state index is 4.32. The summed E-state index contributed by atoms with van der Waals surface area (Å²) < 4.78 is 0. The molecule has 2 heteroatoms.